The van der Waals surface area contributed by atoms with Gasteiger partial charge in [-0.15, -0.1) is 0 Å². The van der Waals surface area contributed by atoms with Crippen molar-refractivity contribution in [2.24, 2.45) is 23.7 Å². The summed E-state index contributed by atoms with van der Waals surface area (Å²) in [6, 6.07) is 0.392. The average Bonchev–Trinajstić information content (AvgIpc) is 3.45. The Bertz CT molecular complexity index is 1940. The van der Waals surface area contributed by atoms with Crippen LogP contribution in [0.2, 0.25) is 0 Å². The average molecular weight is 840 g/mol. The first-order valence-electron chi connectivity index (χ1n) is 21.3. The number of pyridine rings is 2. The van der Waals surface area contributed by atoms with Crippen LogP contribution in [0.1, 0.15) is 85.8 Å². The van der Waals surface area contributed by atoms with Gasteiger partial charge in [-0.05, 0) is 79.6 Å². The third-order valence-electron chi connectivity index (χ3n) is 13.7. The van der Waals surface area contributed by atoms with Crippen LogP contribution in [0, 0.1) is 30.6 Å². The van der Waals surface area contributed by atoms with Crippen molar-refractivity contribution in [3.05, 3.63) is 29.6 Å². The molecular formula is C44H65N5O11. The molecule has 4 saturated heterocycles. The third kappa shape index (κ3) is 8.39. The third-order valence-corrected chi connectivity index (χ3v) is 13.7. The molecule has 16 nitrogen and oxygen atoms in total. The monoisotopic (exact) mass is 839 g/mol. The molecule has 2 aromatic rings. The Hall–Kier alpha value is -3.80. The van der Waals surface area contributed by atoms with Gasteiger partial charge in [0.15, 0.2) is 17.7 Å². The molecule has 4 aliphatic heterocycles. The largest absolute Gasteiger partial charge is 0.506 e. The van der Waals surface area contributed by atoms with Crippen molar-refractivity contribution in [3.8, 4) is 5.75 Å². The molecule has 4 aliphatic rings. The number of aromatic hydroxyl groups is 1. The molecule has 4 fully saturated rings. The smallest absolute Gasteiger partial charge is 0.411 e. The Morgan fingerprint density at radius 1 is 1.00 bits per heavy atom. The highest BCUT2D eigenvalue weighted by Crippen LogP contribution is 2.45. The molecule has 13 atom stereocenters. The number of hydrogen-bond acceptors (Lipinski definition) is 15. The number of Topliss-reactive ketones (excluding diaryl/α,β-unsaturated/α-hetero) is 2. The first-order valence-corrected chi connectivity index (χ1v) is 21.3. The highest BCUT2D eigenvalue weighted by atomic mass is 16.7. The molecule has 6 rings (SSSR count). The molecule has 0 unspecified atom stereocenters. The lowest BCUT2D eigenvalue weighted by atomic mass is 9.73. The number of ketones is 2. The number of carbonyl (C=O) groups excluding carboxylic acids is 4. The van der Waals surface area contributed by atoms with Gasteiger partial charge >= 0.3 is 12.1 Å². The Morgan fingerprint density at radius 3 is 2.32 bits per heavy atom. The fraction of sp³-hybridized carbons (Fsp3) is 0.727. The molecule has 2 N–H and O–H groups in total. The van der Waals surface area contributed by atoms with Gasteiger partial charge in [-0.2, -0.15) is 0 Å². The standard InChI is InChI=1S/C44H65N5O11/c1-13-33-44(9)38(49(42(55)60-44)28-19-48(20-28)21-29-32(50)18-45-30-14-22(2)17-46-34(29)30)25(5)35(51)23(3)16-43(8,56-12)39(26(6)36(52)27(7)40(54)58-33)59-41-37(53)31(47(10)11)15-24(4)57-41/h14,17-18,23-28,31,33,37-39,41,50,53H,13,15-16,19-21H2,1-12H3/t23-,24-,25+,26+,27-,31+,33-,37-,38-,39-,41+,43-,44-/m1/s1. The molecule has 1 amide bonds. The lowest BCUT2D eigenvalue weighted by Gasteiger charge is -2.48. The maximum absolute atomic E-state index is 14.9. The van der Waals surface area contributed by atoms with E-state index in [1.54, 1.807) is 45.7 Å². The van der Waals surface area contributed by atoms with Crippen molar-refractivity contribution in [1.29, 1.82) is 0 Å². The number of methoxy groups -OCH3 is 1. The summed E-state index contributed by atoms with van der Waals surface area (Å²) in [7, 11) is 5.22. The van der Waals surface area contributed by atoms with E-state index in [-0.39, 0.29) is 42.6 Å². The zero-order chi connectivity index (χ0) is 44.2. The number of nitrogens with zero attached hydrogens (tertiary/aromatic N) is 5. The van der Waals surface area contributed by atoms with Crippen LogP contribution >= 0.6 is 0 Å². The molecule has 16 heteroatoms. The minimum atomic E-state index is -1.46. The number of esters is 1. The summed E-state index contributed by atoms with van der Waals surface area (Å²) in [5.74, 6) is -5.13. The van der Waals surface area contributed by atoms with Gasteiger partial charge in [0.2, 0.25) is 0 Å². The van der Waals surface area contributed by atoms with Crippen LogP contribution in [-0.2, 0) is 44.6 Å². The van der Waals surface area contributed by atoms with Gasteiger partial charge in [-0.25, -0.2) is 4.79 Å². The van der Waals surface area contributed by atoms with Crippen LogP contribution in [0.4, 0.5) is 4.79 Å². The van der Waals surface area contributed by atoms with Crippen molar-refractivity contribution in [1.82, 2.24) is 24.7 Å². The summed E-state index contributed by atoms with van der Waals surface area (Å²) < 4.78 is 31.4. The number of amides is 1. The van der Waals surface area contributed by atoms with E-state index in [1.165, 1.54) is 20.2 Å². The first-order chi connectivity index (χ1) is 28.1. The number of likely N-dealkylation sites (tertiary alicyclic amines) is 1. The van der Waals surface area contributed by atoms with Crippen molar-refractivity contribution in [2.45, 2.75) is 148 Å². The number of aromatic nitrogens is 2. The quantitative estimate of drug-likeness (QED) is 0.286. The van der Waals surface area contributed by atoms with Gasteiger partial charge in [0.1, 0.15) is 29.7 Å². The summed E-state index contributed by atoms with van der Waals surface area (Å²) in [6.45, 7) is 17.0. The van der Waals surface area contributed by atoms with Gasteiger partial charge in [0, 0.05) is 62.3 Å². The van der Waals surface area contributed by atoms with Crippen LogP contribution in [-0.4, -0.2) is 153 Å². The first kappa shape index (κ1) is 45.7. The maximum Gasteiger partial charge on any atom is 0.411 e. The van der Waals surface area contributed by atoms with Crippen molar-refractivity contribution in [3.63, 3.8) is 0 Å². The number of rotatable bonds is 8. The Morgan fingerprint density at radius 2 is 1.68 bits per heavy atom. The lowest BCUT2D eigenvalue weighted by molar-refractivity contribution is -0.295. The molecule has 0 saturated carbocycles. The molecule has 0 radical (unpaired) electrons. The zero-order valence-corrected chi connectivity index (χ0v) is 37.2. The molecule has 0 spiro atoms. The molecule has 6 heterocycles. The van der Waals surface area contributed by atoms with Gasteiger partial charge in [-0.3, -0.25) is 34.2 Å². The summed E-state index contributed by atoms with van der Waals surface area (Å²) in [4.78, 5) is 71.9. The molecule has 0 bridgehead atoms. The molecule has 332 valence electrons. The highest BCUT2D eigenvalue weighted by molar-refractivity contribution is 6.00. The van der Waals surface area contributed by atoms with E-state index >= 15 is 0 Å². The number of hydrogen-bond donors (Lipinski definition) is 2. The van der Waals surface area contributed by atoms with E-state index in [0.29, 0.717) is 42.7 Å². The van der Waals surface area contributed by atoms with Gasteiger partial charge < -0.3 is 38.8 Å². The van der Waals surface area contributed by atoms with Crippen molar-refractivity contribution >= 4 is 34.7 Å². The molecule has 60 heavy (non-hydrogen) atoms. The molecule has 0 aromatic carbocycles. The minimum absolute atomic E-state index is 0.0230. The molecule has 2 aromatic heterocycles. The summed E-state index contributed by atoms with van der Waals surface area (Å²) in [5, 5.41) is 22.3. The lowest BCUT2D eigenvalue weighted by Crippen LogP contribution is -2.65. The Balaban J connectivity index is 1.32. The summed E-state index contributed by atoms with van der Waals surface area (Å²) in [6.07, 6.45) is -1.12. The Labute approximate surface area is 353 Å². The minimum Gasteiger partial charge on any atom is -0.506 e. The fourth-order valence-electron chi connectivity index (χ4n) is 10.2. The second-order valence-corrected chi connectivity index (χ2v) is 18.4. The van der Waals surface area contributed by atoms with Gasteiger partial charge in [0.05, 0.1) is 47.1 Å². The summed E-state index contributed by atoms with van der Waals surface area (Å²) >= 11 is 0. The van der Waals surface area contributed by atoms with E-state index < -0.39 is 83.4 Å². The fourth-order valence-corrected chi connectivity index (χ4v) is 10.2. The summed E-state index contributed by atoms with van der Waals surface area (Å²) in [5.41, 5.74) is 0.0779. The second kappa shape index (κ2) is 17.5. The number of aliphatic hydroxyl groups is 1. The number of aliphatic hydroxyl groups excluding tert-OH is 1. The van der Waals surface area contributed by atoms with Crippen LogP contribution in [0.5, 0.6) is 5.75 Å². The maximum atomic E-state index is 14.9. The number of likely N-dealkylation sites (N-methyl/N-ethyl adjacent to an activating group) is 1. The number of cyclic esters (lactones) is 1. The number of aryl methyl sites for hydroxylation is 1. The topological polar surface area (TPSA) is 190 Å². The zero-order valence-electron chi connectivity index (χ0n) is 37.2. The Kier molecular flexibility index (Phi) is 13.4. The predicted molar refractivity (Wildman–Crippen MR) is 220 cm³/mol. The van der Waals surface area contributed by atoms with Crippen LogP contribution in [0.15, 0.2) is 18.5 Å². The second-order valence-electron chi connectivity index (χ2n) is 18.4. The van der Waals surface area contributed by atoms with E-state index in [9.17, 15) is 29.4 Å². The number of fused-ring (bicyclic) bond motifs is 2. The van der Waals surface area contributed by atoms with Crippen LogP contribution in [0.3, 0.4) is 0 Å². The molecular weight excluding hydrogens is 775 g/mol. The van der Waals surface area contributed by atoms with E-state index in [4.69, 9.17) is 23.7 Å². The van der Waals surface area contributed by atoms with Gasteiger partial charge in [-0.1, -0.05) is 27.7 Å². The van der Waals surface area contributed by atoms with E-state index in [0.717, 1.165) is 5.56 Å². The van der Waals surface area contributed by atoms with Crippen molar-refractivity contribution in [2.75, 3.05) is 34.3 Å². The highest BCUT2D eigenvalue weighted by Gasteiger charge is 2.62. The molecule has 0 aliphatic carbocycles. The van der Waals surface area contributed by atoms with E-state index in [2.05, 4.69) is 14.9 Å². The van der Waals surface area contributed by atoms with Gasteiger partial charge in [0.25, 0.3) is 0 Å². The van der Waals surface area contributed by atoms with Crippen molar-refractivity contribution < 1.29 is 53.1 Å². The number of ether oxygens (including phenoxy) is 5. The number of carbonyl (C=O) groups is 4. The normalized spacial score (nSPS) is 37.8. The van der Waals surface area contributed by atoms with E-state index in [1.807, 2.05) is 45.8 Å². The predicted octanol–water partition coefficient (Wildman–Crippen LogP) is 4.03. The van der Waals surface area contributed by atoms with Crippen LogP contribution < -0.4 is 0 Å². The SMILES string of the molecule is CC[C@H]1OC(=O)[C@H](C)C(=O)[C@H](C)[C@@H](O[C@@H]2O[C@H](C)C[C@H](N(C)C)[C@H]2O)[C@](C)(OC)C[C@@H](C)C(=O)[C@H](C)[C@H]2N(C3CN(Cc4c(O)cnc5cc(C)cnc45)C3)C(=O)O[C@]12C. The van der Waals surface area contributed by atoms with Crippen LogP contribution in [0.25, 0.3) is 11.0 Å².